The predicted molar refractivity (Wildman–Crippen MR) is 252 cm³/mol. The maximum absolute atomic E-state index is 12.9. The molecule has 0 amide bonds. The molecule has 0 bridgehead atoms. The number of rotatable bonds is 42. The fraction of sp³-hybridized carbons (Fsp3) is 0.840. The highest BCUT2D eigenvalue weighted by atomic mass is 32.2. The van der Waals surface area contributed by atoms with Crippen molar-refractivity contribution in [1.82, 2.24) is 0 Å². The summed E-state index contributed by atoms with van der Waals surface area (Å²) in [6, 6.07) is 0. The zero-order chi connectivity index (χ0) is 46.2. The SMILES string of the molecule is CCCCC/C=C\C/C=C\CCCCCCCCCCCC(=O)OC(COC(=O)CCCCCCC/C=C\CCCCCCCCC)COC1OC(CS(=O)(=O)O)C(O)C(O)C1O. The van der Waals surface area contributed by atoms with Gasteiger partial charge in [0.05, 0.1) is 6.61 Å². The minimum Gasteiger partial charge on any atom is -0.462 e. The molecule has 0 aliphatic carbocycles. The van der Waals surface area contributed by atoms with Gasteiger partial charge in [-0.1, -0.05) is 166 Å². The Balaban J connectivity index is 2.40. The molecule has 13 heteroatoms. The lowest BCUT2D eigenvalue weighted by Crippen LogP contribution is -2.60. The second-order valence-corrected chi connectivity index (χ2v) is 19.0. The van der Waals surface area contributed by atoms with Crippen LogP contribution >= 0.6 is 0 Å². The van der Waals surface area contributed by atoms with Crippen molar-refractivity contribution in [3.63, 3.8) is 0 Å². The summed E-state index contributed by atoms with van der Waals surface area (Å²) in [6.07, 6.45) is 37.5. The van der Waals surface area contributed by atoms with E-state index in [1.54, 1.807) is 0 Å². The summed E-state index contributed by atoms with van der Waals surface area (Å²) < 4.78 is 54.2. The Morgan fingerprint density at radius 2 is 0.952 bits per heavy atom. The van der Waals surface area contributed by atoms with E-state index in [-0.39, 0.29) is 19.4 Å². The van der Waals surface area contributed by atoms with Gasteiger partial charge in [-0.05, 0) is 70.6 Å². The number of carbonyl (C=O) groups excluding carboxylic acids is 2. The molecule has 63 heavy (non-hydrogen) atoms. The Kier molecular flexibility index (Phi) is 37.5. The van der Waals surface area contributed by atoms with Gasteiger partial charge in [0.2, 0.25) is 0 Å². The van der Waals surface area contributed by atoms with E-state index >= 15 is 0 Å². The van der Waals surface area contributed by atoms with Crippen LogP contribution in [-0.2, 0) is 38.7 Å². The first-order chi connectivity index (χ1) is 30.5. The van der Waals surface area contributed by atoms with Crippen molar-refractivity contribution in [1.29, 1.82) is 0 Å². The lowest BCUT2D eigenvalue weighted by atomic mass is 10.00. The van der Waals surface area contributed by atoms with Crippen LogP contribution in [0.25, 0.3) is 0 Å². The summed E-state index contributed by atoms with van der Waals surface area (Å²) in [5.74, 6) is -1.99. The molecular formula is C50H90O12S. The third-order valence-corrected chi connectivity index (χ3v) is 12.2. The Labute approximate surface area is 382 Å². The molecule has 1 fully saturated rings. The van der Waals surface area contributed by atoms with Crippen LogP contribution in [0.1, 0.15) is 213 Å². The van der Waals surface area contributed by atoms with Crippen LogP contribution in [0.15, 0.2) is 36.5 Å². The Hall–Kier alpha value is -2.13. The molecule has 1 aliphatic rings. The van der Waals surface area contributed by atoms with Gasteiger partial charge < -0.3 is 34.3 Å². The molecule has 6 atom stereocenters. The minimum atomic E-state index is -4.61. The number of ether oxygens (including phenoxy) is 4. The molecule has 0 spiro atoms. The van der Waals surface area contributed by atoms with Crippen molar-refractivity contribution in [3.05, 3.63) is 36.5 Å². The van der Waals surface area contributed by atoms with Gasteiger partial charge in [-0.2, -0.15) is 8.42 Å². The van der Waals surface area contributed by atoms with E-state index in [9.17, 15) is 37.9 Å². The normalized spacial score (nSPS) is 20.0. The lowest BCUT2D eigenvalue weighted by molar-refractivity contribution is -0.297. The van der Waals surface area contributed by atoms with Gasteiger partial charge in [0, 0.05) is 12.8 Å². The lowest BCUT2D eigenvalue weighted by Gasteiger charge is -2.40. The van der Waals surface area contributed by atoms with E-state index in [1.807, 2.05) is 0 Å². The van der Waals surface area contributed by atoms with E-state index in [4.69, 9.17) is 18.9 Å². The second kappa shape index (κ2) is 40.2. The molecule has 368 valence electrons. The van der Waals surface area contributed by atoms with E-state index in [0.29, 0.717) is 12.8 Å². The minimum absolute atomic E-state index is 0.158. The molecule has 6 unspecified atom stereocenters. The maximum Gasteiger partial charge on any atom is 0.306 e. The van der Waals surface area contributed by atoms with Gasteiger partial charge in [0.1, 0.15) is 36.8 Å². The molecule has 0 aromatic heterocycles. The van der Waals surface area contributed by atoms with Crippen LogP contribution in [0, 0.1) is 0 Å². The number of carbonyl (C=O) groups is 2. The van der Waals surface area contributed by atoms with Gasteiger partial charge in [-0.3, -0.25) is 14.1 Å². The molecule has 1 saturated heterocycles. The van der Waals surface area contributed by atoms with E-state index in [0.717, 1.165) is 77.0 Å². The highest BCUT2D eigenvalue weighted by Gasteiger charge is 2.46. The fourth-order valence-corrected chi connectivity index (χ4v) is 8.22. The number of esters is 2. The summed E-state index contributed by atoms with van der Waals surface area (Å²) >= 11 is 0. The Bertz CT molecular complexity index is 1300. The van der Waals surface area contributed by atoms with Crippen LogP contribution in [0.3, 0.4) is 0 Å². The van der Waals surface area contributed by atoms with Gasteiger partial charge in [0.15, 0.2) is 12.4 Å². The second-order valence-electron chi connectivity index (χ2n) is 17.5. The van der Waals surface area contributed by atoms with Gasteiger partial charge in [0.25, 0.3) is 10.1 Å². The first-order valence-corrected chi connectivity index (χ1v) is 26.7. The summed E-state index contributed by atoms with van der Waals surface area (Å²) in [5, 5.41) is 30.9. The first kappa shape index (κ1) is 58.9. The topological polar surface area (TPSA) is 186 Å². The molecule has 0 aromatic rings. The molecule has 0 radical (unpaired) electrons. The highest BCUT2D eigenvalue weighted by molar-refractivity contribution is 7.85. The maximum atomic E-state index is 12.9. The van der Waals surface area contributed by atoms with Crippen molar-refractivity contribution in [2.75, 3.05) is 19.0 Å². The smallest absolute Gasteiger partial charge is 0.306 e. The number of aliphatic hydroxyl groups is 3. The molecule has 0 aromatic carbocycles. The summed E-state index contributed by atoms with van der Waals surface area (Å²) in [6.45, 7) is 3.74. The molecule has 12 nitrogen and oxygen atoms in total. The van der Waals surface area contributed by atoms with Crippen molar-refractivity contribution in [2.45, 2.75) is 250 Å². The molecule has 1 aliphatic heterocycles. The van der Waals surface area contributed by atoms with Crippen LogP contribution in [-0.4, -0.2) is 96.0 Å². The number of allylic oxidation sites excluding steroid dienone is 6. The quantitative estimate of drug-likeness (QED) is 0.0197. The standard InChI is InChI=1S/C50H90O12S/c1-3-5-7-9-11-13-15-17-19-21-22-23-25-27-29-31-33-35-37-39-46(52)61-43(41-60-50-49(55)48(54)47(53)44(62-50)42-63(56,57)58)40-59-45(51)38-36-34-32-30-28-26-24-20-18-16-14-12-10-8-6-4-2/h11,13,17,19-20,24,43-44,47-50,53-55H,3-10,12,14-16,18,21-23,25-42H2,1-2H3,(H,56,57,58)/b13-11-,19-17-,24-20-. The molecular weight excluding hydrogens is 825 g/mol. The largest absolute Gasteiger partial charge is 0.462 e. The monoisotopic (exact) mass is 915 g/mol. The highest BCUT2D eigenvalue weighted by Crippen LogP contribution is 2.24. The molecule has 4 N–H and O–H groups in total. The average molecular weight is 915 g/mol. The molecule has 1 rings (SSSR count). The Morgan fingerprint density at radius 1 is 0.540 bits per heavy atom. The third-order valence-electron chi connectivity index (χ3n) is 11.4. The van der Waals surface area contributed by atoms with Gasteiger partial charge >= 0.3 is 11.9 Å². The van der Waals surface area contributed by atoms with Crippen molar-refractivity contribution in [3.8, 4) is 0 Å². The van der Waals surface area contributed by atoms with Crippen molar-refractivity contribution >= 4 is 22.1 Å². The Morgan fingerprint density at radius 3 is 1.44 bits per heavy atom. The zero-order valence-corrected chi connectivity index (χ0v) is 40.2. The van der Waals surface area contributed by atoms with Crippen LogP contribution < -0.4 is 0 Å². The summed E-state index contributed by atoms with van der Waals surface area (Å²) in [4.78, 5) is 25.5. The van der Waals surface area contributed by atoms with Crippen LogP contribution in [0.2, 0.25) is 0 Å². The van der Waals surface area contributed by atoms with E-state index in [1.165, 1.54) is 96.3 Å². The fourth-order valence-electron chi connectivity index (χ4n) is 7.53. The number of unbranched alkanes of at least 4 members (excludes halogenated alkanes) is 24. The summed E-state index contributed by atoms with van der Waals surface area (Å²) in [7, 11) is -4.61. The van der Waals surface area contributed by atoms with Crippen LogP contribution in [0.5, 0.6) is 0 Å². The van der Waals surface area contributed by atoms with E-state index in [2.05, 4.69) is 50.3 Å². The average Bonchev–Trinajstić information content (AvgIpc) is 3.25. The molecule has 0 saturated carbocycles. The van der Waals surface area contributed by atoms with Crippen molar-refractivity contribution < 1.29 is 56.8 Å². The number of aliphatic hydroxyl groups excluding tert-OH is 3. The van der Waals surface area contributed by atoms with Gasteiger partial charge in [-0.15, -0.1) is 0 Å². The van der Waals surface area contributed by atoms with Crippen molar-refractivity contribution in [2.24, 2.45) is 0 Å². The predicted octanol–water partition coefficient (Wildman–Crippen LogP) is 11.0. The number of hydrogen-bond acceptors (Lipinski definition) is 11. The molecule has 1 heterocycles. The van der Waals surface area contributed by atoms with Crippen LogP contribution in [0.4, 0.5) is 0 Å². The van der Waals surface area contributed by atoms with Gasteiger partial charge in [-0.25, -0.2) is 0 Å². The zero-order valence-electron chi connectivity index (χ0n) is 39.4. The van der Waals surface area contributed by atoms with E-state index < -0.39 is 71.2 Å². The number of hydrogen-bond donors (Lipinski definition) is 4. The third kappa shape index (κ3) is 34.8. The first-order valence-electron chi connectivity index (χ1n) is 25.0. The summed E-state index contributed by atoms with van der Waals surface area (Å²) in [5.41, 5.74) is 0.